The predicted molar refractivity (Wildman–Crippen MR) is 133 cm³/mol. The van der Waals surface area contributed by atoms with Crippen molar-refractivity contribution in [1.82, 2.24) is 19.4 Å². The Morgan fingerprint density at radius 1 is 0.889 bits per heavy atom. The molecule has 1 atom stereocenters. The first-order valence-electron chi connectivity index (χ1n) is 11.6. The van der Waals surface area contributed by atoms with Gasteiger partial charge >= 0.3 is 0 Å². The number of ketones is 1. The number of Topliss-reactive ketones (excluding diaryl/α,β-unsaturated/α-hetero) is 1. The summed E-state index contributed by atoms with van der Waals surface area (Å²) in [5.41, 5.74) is 1.13. The molecule has 8 nitrogen and oxygen atoms in total. The van der Waals surface area contributed by atoms with E-state index in [0.717, 1.165) is 0 Å². The molecular weight excluding hydrogens is 456 g/mol. The third kappa shape index (κ3) is 4.74. The van der Waals surface area contributed by atoms with Gasteiger partial charge in [0, 0.05) is 43.4 Å². The zero-order valence-corrected chi connectivity index (χ0v) is 19.4. The largest absolute Gasteiger partial charge is 0.507 e. The molecule has 2 aromatic carbocycles. The van der Waals surface area contributed by atoms with Crippen molar-refractivity contribution in [2.75, 3.05) is 6.54 Å². The molecule has 3 heterocycles. The van der Waals surface area contributed by atoms with Gasteiger partial charge in [-0.05, 0) is 48.4 Å². The summed E-state index contributed by atoms with van der Waals surface area (Å²) < 4.78 is 7.91. The summed E-state index contributed by atoms with van der Waals surface area (Å²) in [6.07, 6.45) is 8.91. The van der Waals surface area contributed by atoms with Crippen LogP contribution in [0.1, 0.15) is 23.6 Å². The first-order valence-corrected chi connectivity index (χ1v) is 11.6. The van der Waals surface area contributed by atoms with Crippen LogP contribution in [0, 0.1) is 0 Å². The number of aromatic nitrogens is 3. The summed E-state index contributed by atoms with van der Waals surface area (Å²) in [6, 6.07) is 19.0. The number of aliphatic hydroxyl groups is 1. The summed E-state index contributed by atoms with van der Waals surface area (Å²) in [6.45, 7) is 0.960. The highest BCUT2D eigenvalue weighted by molar-refractivity contribution is 6.46. The molecule has 1 aliphatic rings. The lowest BCUT2D eigenvalue weighted by Gasteiger charge is -2.25. The Morgan fingerprint density at radius 2 is 1.67 bits per heavy atom. The number of hydrogen-bond donors (Lipinski definition) is 1. The highest BCUT2D eigenvalue weighted by Gasteiger charge is 2.45. The lowest BCUT2D eigenvalue weighted by atomic mass is 9.95. The van der Waals surface area contributed by atoms with E-state index < -0.39 is 17.7 Å². The maximum Gasteiger partial charge on any atom is 0.295 e. The van der Waals surface area contributed by atoms with E-state index in [2.05, 4.69) is 9.97 Å². The van der Waals surface area contributed by atoms with Crippen LogP contribution in [0.3, 0.4) is 0 Å². The van der Waals surface area contributed by atoms with Crippen LogP contribution in [0.4, 0.5) is 0 Å². The average molecular weight is 481 g/mol. The van der Waals surface area contributed by atoms with Crippen molar-refractivity contribution in [2.45, 2.75) is 19.0 Å². The Kier molecular flexibility index (Phi) is 6.57. The van der Waals surface area contributed by atoms with E-state index in [1.807, 2.05) is 59.3 Å². The summed E-state index contributed by atoms with van der Waals surface area (Å²) in [5, 5.41) is 11.1. The van der Waals surface area contributed by atoms with E-state index in [1.54, 1.807) is 30.7 Å². The van der Waals surface area contributed by atoms with Crippen LogP contribution in [-0.2, 0) is 16.1 Å². The topological polar surface area (TPSA) is 97.6 Å². The fourth-order valence-corrected chi connectivity index (χ4v) is 4.34. The smallest absolute Gasteiger partial charge is 0.295 e. The van der Waals surface area contributed by atoms with E-state index in [1.165, 1.54) is 17.3 Å². The van der Waals surface area contributed by atoms with Gasteiger partial charge in [-0.1, -0.05) is 30.3 Å². The van der Waals surface area contributed by atoms with Crippen LogP contribution in [0.2, 0.25) is 0 Å². The minimum Gasteiger partial charge on any atom is -0.507 e. The molecule has 1 fully saturated rings. The fraction of sp³-hybridized carbons (Fsp3) is 0.143. The van der Waals surface area contributed by atoms with Gasteiger partial charge in [-0.2, -0.15) is 0 Å². The number of hydrogen-bond acceptors (Lipinski definition) is 6. The van der Waals surface area contributed by atoms with Crippen molar-refractivity contribution < 1.29 is 19.4 Å². The molecule has 5 rings (SSSR count). The predicted octanol–water partition coefficient (Wildman–Crippen LogP) is 4.58. The number of ether oxygens (including phenoxy) is 1. The van der Waals surface area contributed by atoms with Gasteiger partial charge in [-0.15, -0.1) is 0 Å². The normalized spacial score (nSPS) is 16.9. The van der Waals surface area contributed by atoms with Gasteiger partial charge in [0.1, 0.15) is 17.3 Å². The number of amides is 1. The van der Waals surface area contributed by atoms with Crippen LogP contribution in [0.15, 0.2) is 103 Å². The van der Waals surface area contributed by atoms with E-state index in [0.29, 0.717) is 42.1 Å². The number of rotatable bonds is 8. The molecule has 0 aliphatic carbocycles. The van der Waals surface area contributed by atoms with Gasteiger partial charge in [0.2, 0.25) is 0 Å². The zero-order valence-electron chi connectivity index (χ0n) is 19.4. The number of aliphatic hydroxyl groups excluding tert-OH is 1. The number of aryl methyl sites for hydroxylation is 1. The van der Waals surface area contributed by atoms with Crippen LogP contribution in [0.5, 0.6) is 11.5 Å². The van der Waals surface area contributed by atoms with Crippen molar-refractivity contribution in [3.8, 4) is 11.5 Å². The Bertz CT molecular complexity index is 1390. The van der Waals surface area contributed by atoms with Crippen molar-refractivity contribution in [1.29, 1.82) is 0 Å². The van der Waals surface area contributed by atoms with Crippen molar-refractivity contribution >= 4 is 17.4 Å². The van der Waals surface area contributed by atoms with Gasteiger partial charge in [0.05, 0.1) is 17.9 Å². The molecule has 0 spiro atoms. The second-order valence-corrected chi connectivity index (χ2v) is 8.37. The SMILES string of the molecule is O=C1C(=O)N(CCCn2ccnc2)C(c2cccc(Oc3ccccc3)c2)/C1=C(\O)c1ccncc1. The summed E-state index contributed by atoms with van der Waals surface area (Å²) in [5.74, 6) is -0.360. The number of nitrogens with zero attached hydrogens (tertiary/aromatic N) is 4. The Labute approximate surface area is 208 Å². The molecule has 0 saturated carbocycles. The van der Waals surface area contributed by atoms with Gasteiger partial charge < -0.3 is 19.3 Å². The minimum absolute atomic E-state index is 0.0469. The second-order valence-electron chi connectivity index (χ2n) is 8.37. The lowest BCUT2D eigenvalue weighted by molar-refractivity contribution is -0.139. The zero-order chi connectivity index (χ0) is 24.9. The standard InChI is InChI=1S/C28H24N4O4/c33-26(20-10-12-29-13-11-20)24-25(21-6-4-9-23(18-21)36-22-7-2-1-3-8-22)32(28(35)27(24)34)16-5-15-31-17-14-30-19-31/h1-4,6-14,17-19,25,33H,5,15-16H2/b26-24+. The number of benzene rings is 2. The Morgan fingerprint density at radius 3 is 2.42 bits per heavy atom. The van der Waals surface area contributed by atoms with Crippen molar-refractivity contribution in [3.63, 3.8) is 0 Å². The highest BCUT2D eigenvalue weighted by Crippen LogP contribution is 2.40. The Balaban J connectivity index is 1.52. The van der Waals surface area contributed by atoms with Crippen LogP contribution in [-0.4, -0.2) is 42.8 Å². The number of carbonyl (C=O) groups excluding carboxylic acids is 2. The monoisotopic (exact) mass is 480 g/mol. The lowest BCUT2D eigenvalue weighted by Crippen LogP contribution is -2.31. The number of likely N-dealkylation sites (tertiary alicyclic amines) is 1. The maximum absolute atomic E-state index is 13.2. The molecule has 0 bridgehead atoms. The molecule has 1 aliphatic heterocycles. The quantitative estimate of drug-likeness (QED) is 0.225. The first kappa shape index (κ1) is 23.0. The van der Waals surface area contributed by atoms with Crippen LogP contribution < -0.4 is 4.74 Å². The molecule has 1 amide bonds. The number of carbonyl (C=O) groups is 2. The van der Waals surface area contributed by atoms with Gasteiger partial charge in [0.25, 0.3) is 11.7 Å². The second kappa shape index (κ2) is 10.3. The molecule has 0 radical (unpaired) electrons. The van der Waals surface area contributed by atoms with Crippen molar-refractivity contribution in [3.05, 3.63) is 115 Å². The highest BCUT2D eigenvalue weighted by atomic mass is 16.5. The number of pyridine rings is 1. The van der Waals surface area contributed by atoms with E-state index in [-0.39, 0.29) is 11.3 Å². The van der Waals surface area contributed by atoms with E-state index in [9.17, 15) is 14.7 Å². The molecular formula is C28H24N4O4. The minimum atomic E-state index is -0.764. The molecule has 2 aromatic heterocycles. The van der Waals surface area contributed by atoms with Gasteiger partial charge in [-0.3, -0.25) is 14.6 Å². The van der Waals surface area contributed by atoms with Crippen LogP contribution >= 0.6 is 0 Å². The molecule has 180 valence electrons. The summed E-state index contributed by atoms with van der Waals surface area (Å²) in [7, 11) is 0. The average Bonchev–Trinajstić information content (AvgIpc) is 3.52. The number of imidazole rings is 1. The summed E-state index contributed by atoms with van der Waals surface area (Å²) >= 11 is 0. The molecule has 1 N–H and O–H groups in total. The molecule has 1 unspecified atom stereocenters. The fourth-order valence-electron chi connectivity index (χ4n) is 4.34. The third-order valence-electron chi connectivity index (χ3n) is 6.02. The van der Waals surface area contributed by atoms with E-state index >= 15 is 0 Å². The molecule has 36 heavy (non-hydrogen) atoms. The Hall–Kier alpha value is -4.72. The molecule has 4 aromatic rings. The van der Waals surface area contributed by atoms with Crippen molar-refractivity contribution in [2.24, 2.45) is 0 Å². The van der Waals surface area contributed by atoms with Crippen LogP contribution in [0.25, 0.3) is 5.76 Å². The first-order chi connectivity index (χ1) is 17.6. The number of para-hydroxylation sites is 1. The van der Waals surface area contributed by atoms with Gasteiger partial charge in [0.15, 0.2) is 0 Å². The van der Waals surface area contributed by atoms with E-state index in [4.69, 9.17) is 4.74 Å². The maximum atomic E-state index is 13.2. The van der Waals surface area contributed by atoms with Gasteiger partial charge in [-0.25, -0.2) is 4.98 Å². The summed E-state index contributed by atoms with van der Waals surface area (Å²) in [4.78, 5) is 35.9. The molecule has 1 saturated heterocycles. The molecule has 8 heteroatoms. The third-order valence-corrected chi connectivity index (χ3v) is 6.02.